The summed E-state index contributed by atoms with van der Waals surface area (Å²) in [6, 6.07) is 10.2. The molecule has 1 aromatic carbocycles. The number of nitrogens with zero attached hydrogens (tertiary/aromatic N) is 1. The Morgan fingerprint density at radius 2 is 1.89 bits per heavy atom. The molecule has 0 unspecified atom stereocenters. The fourth-order valence-corrected chi connectivity index (χ4v) is 3.04. The second-order valence-electron chi connectivity index (χ2n) is 6.31. The van der Waals surface area contributed by atoms with Crippen molar-refractivity contribution in [2.75, 3.05) is 0 Å². The fourth-order valence-electron chi connectivity index (χ4n) is 3.04. The topological polar surface area (TPSA) is 40.5 Å². The van der Waals surface area contributed by atoms with E-state index in [1.165, 1.54) is 5.56 Å². The van der Waals surface area contributed by atoms with Crippen molar-refractivity contribution in [1.29, 1.82) is 0 Å². The van der Waals surface area contributed by atoms with Crippen LogP contribution in [0.2, 0.25) is 0 Å². The third-order valence-electron chi connectivity index (χ3n) is 3.78. The standard InChI is InChI=1S/C15H21NO2/c1-14(2,3)16(13(17)18)15(4)10-12(15)11-8-6-5-7-9-11/h5-9,12H,10H2,1-4H3,(H,17,18)/t12-,15-/m0/s1. The van der Waals surface area contributed by atoms with Crippen LogP contribution in [0.4, 0.5) is 4.79 Å². The first-order chi connectivity index (χ1) is 8.27. The molecule has 0 spiro atoms. The second-order valence-corrected chi connectivity index (χ2v) is 6.31. The molecule has 1 saturated carbocycles. The van der Waals surface area contributed by atoms with E-state index in [1.807, 2.05) is 45.9 Å². The van der Waals surface area contributed by atoms with E-state index in [0.717, 1.165) is 6.42 Å². The Morgan fingerprint density at radius 1 is 1.33 bits per heavy atom. The van der Waals surface area contributed by atoms with Gasteiger partial charge in [0, 0.05) is 11.5 Å². The molecule has 0 heterocycles. The van der Waals surface area contributed by atoms with Crippen LogP contribution in [0.15, 0.2) is 30.3 Å². The van der Waals surface area contributed by atoms with Crippen LogP contribution in [0.5, 0.6) is 0 Å². The van der Waals surface area contributed by atoms with Crippen molar-refractivity contribution >= 4 is 6.09 Å². The SMILES string of the molecule is CC(C)(C)N(C(=O)O)[C@@]1(C)C[C@H]1c1ccccc1. The largest absolute Gasteiger partial charge is 0.465 e. The van der Waals surface area contributed by atoms with E-state index in [9.17, 15) is 9.90 Å². The van der Waals surface area contributed by atoms with Crippen LogP contribution in [0.1, 0.15) is 45.6 Å². The first-order valence-corrected chi connectivity index (χ1v) is 6.35. The van der Waals surface area contributed by atoms with E-state index in [1.54, 1.807) is 4.90 Å². The molecule has 3 nitrogen and oxygen atoms in total. The molecule has 0 saturated heterocycles. The predicted octanol–water partition coefficient (Wildman–Crippen LogP) is 3.71. The summed E-state index contributed by atoms with van der Waals surface area (Å²) < 4.78 is 0. The van der Waals surface area contributed by atoms with E-state index in [-0.39, 0.29) is 11.1 Å². The Kier molecular flexibility index (Phi) is 2.88. The maximum absolute atomic E-state index is 11.5. The molecule has 1 fully saturated rings. The molecule has 2 rings (SSSR count). The summed E-state index contributed by atoms with van der Waals surface area (Å²) in [6.07, 6.45) is 0.0732. The van der Waals surface area contributed by atoms with Gasteiger partial charge in [0.15, 0.2) is 0 Å². The Labute approximate surface area is 108 Å². The van der Waals surface area contributed by atoms with Crippen LogP contribution in [0.3, 0.4) is 0 Å². The van der Waals surface area contributed by atoms with Crippen LogP contribution in [-0.4, -0.2) is 27.2 Å². The van der Waals surface area contributed by atoms with Gasteiger partial charge in [0.2, 0.25) is 0 Å². The van der Waals surface area contributed by atoms with Gasteiger partial charge in [-0.15, -0.1) is 0 Å². The highest BCUT2D eigenvalue weighted by Crippen LogP contribution is 2.56. The summed E-state index contributed by atoms with van der Waals surface area (Å²) in [4.78, 5) is 13.1. The number of amides is 1. The second kappa shape index (κ2) is 4.01. The van der Waals surface area contributed by atoms with Crippen molar-refractivity contribution in [1.82, 2.24) is 4.90 Å². The highest BCUT2D eigenvalue weighted by Gasteiger charge is 2.59. The van der Waals surface area contributed by atoms with Crippen molar-refractivity contribution < 1.29 is 9.90 Å². The van der Waals surface area contributed by atoms with Gasteiger partial charge < -0.3 is 5.11 Å². The minimum absolute atomic E-state index is 0.272. The Morgan fingerprint density at radius 3 is 2.33 bits per heavy atom. The zero-order valence-electron chi connectivity index (χ0n) is 11.5. The third-order valence-corrected chi connectivity index (χ3v) is 3.78. The maximum atomic E-state index is 11.5. The van der Waals surface area contributed by atoms with Crippen LogP contribution in [0.25, 0.3) is 0 Å². The predicted molar refractivity (Wildman–Crippen MR) is 71.8 cm³/mol. The van der Waals surface area contributed by atoms with Crippen LogP contribution in [-0.2, 0) is 0 Å². The van der Waals surface area contributed by atoms with Crippen molar-refractivity contribution in [2.24, 2.45) is 0 Å². The monoisotopic (exact) mass is 247 g/mol. The zero-order chi connectivity index (χ0) is 13.6. The summed E-state index contributed by atoms with van der Waals surface area (Å²) in [5.74, 6) is 0.314. The summed E-state index contributed by atoms with van der Waals surface area (Å²) in [7, 11) is 0. The summed E-state index contributed by atoms with van der Waals surface area (Å²) >= 11 is 0. The number of carboxylic acid groups (broad SMARTS) is 1. The van der Waals surface area contributed by atoms with Gasteiger partial charge >= 0.3 is 6.09 Å². The van der Waals surface area contributed by atoms with Crippen molar-refractivity contribution in [3.8, 4) is 0 Å². The van der Waals surface area contributed by atoms with Crippen LogP contribution >= 0.6 is 0 Å². The molecule has 1 aliphatic rings. The van der Waals surface area contributed by atoms with Crippen molar-refractivity contribution in [3.63, 3.8) is 0 Å². The van der Waals surface area contributed by atoms with Gasteiger partial charge in [0.25, 0.3) is 0 Å². The summed E-state index contributed by atoms with van der Waals surface area (Å²) in [5, 5.41) is 9.48. The Balaban J connectivity index is 2.27. The first kappa shape index (κ1) is 12.9. The molecule has 2 atom stereocenters. The normalized spacial score (nSPS) is 26.8. The molecule has 0 aromatic heterocycles. The van der Waals surface area contributed by atoms with Gasteiger partial charge in [0.05, 0.1) is 5.54 Å². The lowest BCUT2D eigenvalue weighted by atomic mass is 9.99. The number of hydrogen-bond donors (Lipinski definition) is 1. The number of benzene rings is 1. The average molecular weight is 247 g/mol. The fraction of sp³-hybridized carbons (Fsp3) is 0.533. The molecule has 18 heavy (non-hydrogen) atoms. The molecule has 98 valence electrons. The summed E-state index contributed by atoms with van der Waals surface area (Å²) in [5.41, 5.74) is 0.589. The molecule has 1 N–H and O–H groups in total. The Bertz CT molecular complexity index is 449. The molecular weight excluding hydrogens is 226 g/mol. The quantitative estimate of drug-likeness (QED) is 0.865. The third kappa shape index (κ3) is 2.09. The summed E-state index contributed by atoms with van der Waals surface area (Å²) in [6.45, 7) is 7.90. The molecule has 1 aliphatic carbocycles. The molecule has 0 aliphatic heterocycles. The first-order valence-electron chi connectivity index (χ1n) is 6.35. The van der Waals surface area contributed by atoms with Gasteiger partial charge in [-0.2, -0.15) is 0 Å². The van der Waals surface area contributed by atoms with Crippen LogP contribution < -0.4 is 0 Å². The van der Waals surface area contributed by atoms with Gasteiger partial charge in [-0.25, -0.2) is 4.79 Å². The molecule has 0 radical (unpaired) electrons. The van der Waals surface area contributed by atoms with Crippen molar-refractivity contribution in [2.45, 2.75) is 51.1 Å². The number of rotatable bonds is 2. The van der Waals surface area contributed by atoms with Crippen molar-refractivity contribution in [3.05, 3.63) is 35.9 Å². The number of carbonyl (C=O) groups is 1. The number of hydrogen-bond acceptors (Lipinski definition) is 1. The van der Waals surface area contributed by atoms with E-state index in [0.29, 0.717) is 5.92 Å². The van der Waals surface area contributed by atoms with E-state index < -0.39 is 6.09 Å². The highest BCUT2D eigenvalue weighted by atomic mass is 16.4. The zero-order valence-corrected chi connectivity index (χ0v) is 11.5. The van der Waals surface area contributed by atoms with Gasteiger partial charge in [-0.05, 0) is 39.7 Å². The minimum atomic E-state index is -0.830. The lowest BCUT2D eigenvalue weighted by molar-refractivity contribution is 0.0648. The van der Waals surface area contributed by atoms with E-state index in [4.69, 9.17) is 0 Å². The Hall–Kier alpha value is -1.51. The molecule has 1 amide bonds. The smallest absolute Gasteiger partial charge is 0.408 e. The van der Waals surface area contributed by atoms with Gasteiger partial charge in [-0.3, -0.25) is 4.90 Å². The van der Waals surface area contributed by atoms with Gasteiger partial charge in [0.1, 0.15) is 0 Å². The van der Waals surface area contributed by atoms with E-state index >= 15 is 0 Å². The average Bonchev–Trinajstić information content (AvgIpc) is 2.89. The lowest BCUT2D eigenvalue weighted by Gasteiger charge is -2.39. The molecule has 0 bridgehead atoms. The van der Waals surface area contributed by atoms with E-state index in [2.05, 4.69) is 12.1 Å². The molecule has 3 heteroatoms. The van der Waals surface area contributed by atoms with Gasteiger partial charge in [-0.1, -0.05) is 30.3 Å². The highest BCUT2D eigenvalue weighted by molar-refractivity contribution is 5.68. The van der Waals surface area contributed by atoms with Crippen LogP contribution in [0, 0.1) is 0 Å². The lowest BCUT2D eigenvalue weighted by Crippen LogP contribution is -2.52. The minimum Gasteiger partial charge on any atom is -0.465 e. The molecule has 1 aromatic rings. The molecular formula is C15H21NO2. The maximum Gasteiger partial charge on any atom is 0.408 e.